The number of aryl methyl sites for hydroxylation is 1. The van der Waals surface area contributed by atoms with E-state index in [0.29, 0.717) is 17.2 Å². The van der Waals surface area contributed by atoms with E-state index in [1.165, 1.54) is 12.1 Å². The Bertz CT molecular complexity index is 739. The number of hydrogen-bond donors (Lipinski definition) is 3. The zero-order chi connectivity index (χ0) is 20.1. The second kappa shape index (κ2) is 7.89. The van der Waals surface area contributed by atoms with Crippen molar-refractivity contribution in [2.75, 3.05) is 11.1 Å². The molecule has 0 fully saturated rings. The number of nitrogen functional groups attached to an aromatic ring is 1. The van der Waals surface area contributed by atoms with Crippen molar-refractivity contribution in [3.8, 4) is 0 Å². The van der Waals surface area contributed by atoms with Crippen LogP contribution in [0.25, 0.3) is 0 Å². The molecule has 12 heteroatoms. The standard InChI is InChI=1S/C12H11F3N4.C2HF3O2/c1-7-6-10(19-11(16)17-7)18-9-4-2-8(3-5-9)12(13,14)15;3-2(4,5)1(6)7/h2-6H,1H3,(H3,16,17,18,19);(H,6,7). The molecule has 1 heterocycles. The number of halogens is 6. The van der Waals surface area contributed by atoms with Crippen molar-refractivity contribution in [1.82, 2.24) is 9.97 Å². The topological polar surface area (TPSA) is 101 Å². The van der Waals surface area contributed by atoms with Gasteiger partial charge in [0.2, 0.25) is 5.95 Å². The Balaban J connectivity index is 0.000000412. The largest absolute Gasteiger partial charge is 0.490 e. The predicted molar refractivity (Wildman–Crippen MR) is 79.6 cm³/mol. The second-order valence-corrected chi connectivity index (χ2v) is 4.76. The van der Waals surface area contributed by atoms with Gasteiger partial charge < -0.3 is 16.2 Å². The maximum absolute atomic E-state index is 12.4. The number of aromatic nitrogens is 2. The zero-order valence-electron chi connectivity index (χ0n) is 13.0. The number of hydrogen-bond acceptors (Lipinski definition) is 5. The fourth-order valence-corrected chi connectivity index (χ4v) is 1.55. The lowest BCUT2D eigenvalue weighted by Gasteiger charge is -2.09. The van der Waals surface area contributed by atoms with Crippen LogP contribution in [0.5, 0.6) is 0 Å². The van der Waals surface area contributed by atoms with Gasteiger partial charge in [-0.25, -0.2) is 9.78 Å². The number of nitrogens with one attached hydrogen (secondary N) is 1. The Morgan fingerprint density at radius 3 is 1.96 bits per heavy atom. The Morgan fingerprint density at radius 2 is 1.58 bits per heavy atom. The number of benzene rings is 1. The monoisotopic (exact) mass is 382 g/mol. The van der Waals surface area contributed by atoms with Crippen molar-refractivity contribution in [2.45, 2.75) is 19.3 Å². The molecule has 0 aliphatic rings. The number of carbonyl (C=O) groups is 1. The molecule has 0 atom stereocenters. The van der Waals surface area contributed by atoms with Gasteiger partial charge in [-0.05, 0) is 31.2 Å². The summed E-state index contributed by atoms with van der Waals surface area (Å²) in [6, 6.07) is 6.31. The summed E-state index contributed by atoms with van der Waals surface area (Å²) in [6.45, 7) is 1.75. The first kappa shape index (κ1) is 21.0. The highest BCUT2D eigenvalue weighted by atomic mass is 19.4. The van der Waals surface area contributed by atoms with Crippen molar-refractivity contribution in [2.24, 2.45) is 0 Å². The lowest BCUT2D eigenvalue weighted by Crippen LogP contribution is -2.21. The summed E-state index contributed by atoms with van der Waals surface area (Å²) in [5.41, 5.74) is 5.95. The van der Waals surface area contributed by atoms with Crippen LogP contribution in [0, 0.1) is 6.92 Å². The number of carboxylic acids is 1. The van der Waals surface area contributed by atoms with Crippen molar-refractivity contribution in [1.29, 1.82) is 0 Å². The van der Waals surface area contributed by atoms with Gasteiger partial charge in [-0.2, -0.15) is 31.3 Å². The molecule has 6 nitrogen and oxygen atoms in total. The summed E-state index contributed by atoms with van der Waals surface area (Å²) in [5, 5.41) is 9.99. The van der Waals surface area contributed by atoms with E-state index in [9.17, 15) is 26.3 Å². The van der Waals surface area contributed by atoms with Crippen LogP contribution in [0.15, 0.2) is 30.3 Å². The minimum atomic E-state index is -5.08. The molecule has 0 saturated carbocycles. The van der Waals surface area contributed by atoms with Crippen LogP contribution in [0.2, 0.25) is 0 Å². The van der Waals surface area contributed by atoms with Crippen molar-refractivity contribution >= 4 is 23.4 Å². The maximum Gasteiger partial charge on any atom is 0.490 e. The quantitative estimate of drug-likeness (QED) is 0.684. The van der Waals surface area contributed by atoms with Crippen LogP contribution in [-0.2, 0) is 11.0 Å². The molecule has 0 bridgehead atoms. The molecule has 0 saturated heterocycles. The average molecular weight is 382 g/mol. The first-order chi connectivity index (χ1) is 11.8. The highest BCUT2D eigenvalue weighted by Crippen LogP contribution is 2.30. The normalized spacial score (nSPS) is 11.3. The van der Waals surface area contributed by atoms with E-state index in [1.807, 2.05) is 0 Å². The fraction of sp³-hybridized carbons (Fsp3) is 0.214. The molecular weight excluding hydrogens is 370 g/mol. The highest BCUT2D eigenvalue weighted by molar-refractivity contribution is 5.73. The smallest absolute Gasteiger partial charge is 0.475 e. The molecule has 0 unspecified atom stereocenters. The van der Waals surface area contributed by atoms with E-state index < -0.39 is 23.9 Å². The minimum absolute atomic E-state index is 0.106. The first-order valence-corrected chi connectivity index (χ1v) is 6.64. The third-order valence-corrected chi connectivity index (χ3v) is 2.60. The molecule has 0 aliphatic carbocycles. The van der Waals surface area contributed by atoms with Crippen LogP contribution < -0.4 is 11.1 Å². The minimum Gasteiger partial charge on any atom is -0.475 e. The molecule has 142 valence electrons. The van der Waals surface area contributed by atoms with E-state index in [1.54, 1.807) is 13.0 Å². The molecule has 1 aromatic heterocycles. The average Bonchev–Trinajstić information content (AvgIpc) is 2.45. The van der Waals surface area contributed by atoms with Crippen molar-refractivity contribution < 1.29 is 36.2 Å². The summed E-state index contributed by atoms with van der Waals surface area (Å²) in [7, 11) is 0. The molecule has 2 aromatic rings. The Kier molecular flexibility index (Phi) is 6.37. The molecular formula is C14H12F6N4O2. The number of nitrogens with zero attached hydrogens (tertiary/aromatic N) is 2. The van der Waals surface area contributed by atoms with E-state index in [0.717, 1.165) is 12.1 Å². The highest BCUT2D eigenvalue weighted by Gasteiger charge is 2.38. The third kappa shape index (κ3) is 6.83. The number of nitrogens with two attached hydrogens (primary N) is 1. The van der Waals surface area contributed by atoms with E-state index in [-0.39, 0.29) is 5.95 Å². The molecule has 26 heavy (non-hydrogen) atoms. The van der Waals surface area contributed by atoms with Gasteiger partial charge in [-0.3, -0.25) is 0 Å². The fourth-order valence-electron chi connectivity index (χ4n) is 1.55. The van der Waals surface area contributed by atoms with Gasteiger partial charge in [-0.15, -0.1) is 0 Å². The van der Waals surface area contributed by atoms with Gasteiger partial charge in [0.15, 0.2) is 0 Å². The Morgan fingerprint density at radius 1 is 1.08 bits per heavy atom. The first-order valence-electron chi connectivity index (χ1n) is 6.64. The van der Waals surface area contributed by atoms with Gasteiger partial charge in [0, 0.05) is 17.4 Å². The number of carboxylic acid groups (broad SMARTS) is 1. The van der Waals surface area contributed by atoms with E-state index in [4.69, 9.17) is 15.6 Å². The van der Waals surface area contributed by atoms with Crippen molar-refractivity contribution in [3.05, 3.63) is 41.6 Å². The maximum atomic E-state index is 12.4. The van der Waals surface area contributed by atoms with Crippen LogP contribution in [0.3, 0.4) is 0 Å². The molecule has 0 aliphatic heterocycles. The third-order valence-electron chi connectivity index (χ3n) is 2.60. The summed E-state index contributed by atoms with van der Waals surface area (Å²) in [4.78, 5) is 16.7. The lowest BCUT2D eigenvalue weighted by molar-refractivity contribution is -0.192. The zero-order valence-corrected chi connectivity index (χ0v) is 13.0. The van der Waals surface area contributed by atoms with Crippen LogP contribution in [0.1, 0.15) is 11.3 Å². The SMILES string of the molecule is Cc1cc(Nc2ccc(C(F)(F)F)cc2)nc(N)n1.O=C(O)C(F)(F)F. The number of alkyl halides is 6. The molecule has 0 spiro atoms. The van der Waals surface area contributed by atoms with Gasteiger partial charge in [0.25, 0.3) is 0 Å². The van der Waals surface area contributed by atoms with Gasteiger partial charge >= 0.3 is 18.3 Å². The summed E-state index contributed by atoms with van der Waals surface area (Å²) < 4.78 is 68.9. The van der Waals surface area contributed by atoms with Gasteiger partial charge in [-0.1, -0.05) is 0 Å². The molecule has 0 radical (unpaired) electrons. The lowest BCUT2D eigenvalue weighted by atomic mass is 10.2. The molecule has 2 rings (SSSR count). The molecule has 4 N–H and O–H groups in total. The summed E-state index contributed by atoms with van der Waals surface area (Å²) in [5.74, 6) is -2.22. The predicted octanol–water partition coefficient (Wildman–Crippen LogP) is 3.76. The Labute approximate surface area is 142 Å². The molecule has 1 aromatic carbocycles. The number of anilines is 3. The van der Waals surface area contributed by atoms with Crippen molar-refractivity contribution in [3.63, 3.8) is 0 Å². The number of rotatable bonds is 2. The van der Waals surface area contributed by atoms with Crippen LogP contribution in [0.4, 0.5) is 43.8 Å². The summed E-state index contributed by atoms with van der Waals surface area (Å²) in [6.07, 6.45) is -9.42. The van der Waals surface area contributed by atoms with E-state index in [2.05, 4.69) is 15.3 Å². The second-order valence-electron chi connectivity index (χ2n) is 4.76. The molecule has 0 amide bonds. The van der Waals surface area contributed by atoms with Crippen LogP contribution >= 0.6 is 0 Å². The van der Waals surface area contributed by atoms with Crippen LogP contribution in [-0.4, -0.2) is 27.2 Å². The summed E-state index contributed by atoms with van der Waals surface area (Å²) >= 11 is 0. The number of aliphatic carboxylic acids is 1. The van der Waals surface area contributed by atoms with Gasteiger partial charge in [0.1, 0.15) is 5.82 Å². The van der Waals surface area contributed by atoms with Gasteiger partial charge in [0.05, 0.1) is 5.56 Å². The Hall–Kier alpha value is -3.05. The van der Waals surface area contributed by atoms with E-state index >= 15 is 0 Å².